The molecule has 0 spiro atoms. The molecule has 1 aliphatic heterocycles. The summed E-state index contributed by atoms with van der Waals surface area (Å²) in [5.74, 6) is 1.95. The third-order valence-corrected chi connectivity index (χ3v) is 6.74. The van der Waals surface area contributed by atoms with Crippen molar-refractivity contribution in [1.29, 1.82) is 0 Å². The van der Waals surface area contributed by atoms with E-state index in [1.807, 2.05) is 12.1 Å². The van der Waals surface area contributed by atoms with Gasteiger partial charge in [-0.25, -0.2) is 15.0 Å². The van der Waals surface area contributed by atoms with E-state index >= 15 is 0 Å². The molecular formula is C19H23IN6O2S. The summed E-state index contributed by atoms with van der Waals surface area (Å²) in [5.41, 5.74) is 7.46. The largest absolute Gasteiger partial charge is 0.486 e. The van der Waals surface area contributed by atoms with E-state index in [0.717, 1.165) is 50.3 Å². The SMILES string of the molecule is CC(C)NCCCn1c(Sc2cc3c(cc2I)OCCO3)nc2c(N)ncnc21. The number of imidazole rings is 1. The van der Waals surface area contributed by atoms with Crippen molar-refractivity contribution in [1.82, 2.24) is 24.8 Å². The maximum atomic E-state index is 6.06. The number of fused-ring (bicyclic) bond motifs is 2. The number of aryl methyl sites for hydroxylation is 1. The van der Waals surface area contributed by atoms with E-state index < -0.39 is 0 Å². The lowest BCUT2D eigenvalue weighted by Crippen LogP contribution is -2.24. The molecule has 0 atom stereocenters. The zero-order chi connectivity index (χ0) is 20.4. The van der Waals surface area contributed by atoms with Gasteiger partial charge in [-0.05, 0) is 47.7 Å². The van der Waals surface area contributed by atoms with Crippen LogP contribution in [-0.4, -0.2) is 45.3 Å². The van der Waals surface area contributed by atoms with Crippen LogP contribution in [0.15, 0.2) is 28.5 Å². The third kappa shape index (κ3) is 4.53. The highest BCUT2D eigenvalue weighted by Crippen LogP contribution is 2.40. The Morgan fingerprint density at radius 2 is 2.00 bits per heavy atom. The van der Waals surface area contributed by atoms with Crippen molar-refractivity contribution in [2.75, 3.05) is 25.5 Å². The minimum absolute atomic E-state index is 0.396. The van der Waals surface area contributed by atoms with Crippen molar-refractivity contribution >= 4 is 51.3 Å². The van der Waals surface area contributed by atoms with Crippen LogP contribution >= 0.6 is 34.4 Å². The number of nitrogens with zero attached hydrogens (tertiary/aromatic N) is 4. The first-order chi connectivity index (χ1) is 14.0. The zero-order valence-electron chi connectivity index (χ0n) is 16.3. The van der Waals surface area contributed by atoms with Crippen molar-refractivity contribution in [3.63, 3.8) is 0 Å². The molecule has 3 heterocycles. The number of rotatable bonds is 7. The van der Waals surface area contributed by atoms with Crippen molar-refractivity contribution in [2.24, 2.45) is 0 Å². The van der Waals surface area contributed by atoms with Gasteiger partial charge in [0, 0.05) is 21.1 Å². The van der Waals surface area contributed by atoms with Crippen LogP contribution in [0, 0.1) is 3.57 Å². The third-order valence-electron chi connectivity index (χ3n) is 4.43. The lowest BCUT2D eigenvalue weighted by atomic mass is 10.3. The van der Waals surface area contributed by atoms with Crippen molar-refractivity contribution in [3.8, 4) is 11.5 Å². The molecule has 0 bridgehead atoms. The lowest BCUT2D eigenvalue weighted by Gasteiger charge is -2.19. The summed E-state index contributed by atoms with van der Waals surface area (Å²) in [5, 5.41) is 4.29. The average Bonchev–Trinajstić information content (AvgIpc) is 3.04. The first kappa shape index (κ1) is 20.5. The Balaban J connectivity index is 1.66. The predicted octanol–water partition coefficient (Wildman–Crippen LogP) is 3.32. The summed E-state index contributed by atoms with van der Waals surface area (Å²) in [6.45, 7) is 7.13. The monoisotopic (exact) mass is 526 g/mol. The number of nitrogens with two attached hydrogens (primary N) is 1. The number of nitrogens with one attached hydrogen (secondary N) is 1. The number of hydrogen-bond donors (Lipinski definition) is 2. The number of benzene rings is 1. The molecule has 3 N–H and O–H groups in total. The number of halogens is 1. The summed E-state index contributed by atoms with van der Waals surface area (Å²) in [7, 11) is 0. The highest BCUT2D eigenvalue weighted by atomic mass is 127. The number of hydrogen-bond acceptors (Lipinski definition) is 8. The zero-order valence-corrected chi connectivity index (χ0v) is 19.3. The quantitative estimate of drug-likeness (QED) is 0.358. The predicted molar refractivity (Wildman–Crippen MR) is 122 cm³/mol. The van der Waals surface area contributed by atoms with E-state index in [1.54, 1.807) is 11.8 Å². The summed E-state index contributed by atoms with van der Waals surface area (Å²) in [6.07, 6.45) is 2.45. The molecule has 0 saturated heterocycles. The Morgan fingerprint density at radius 1 is 1.24 bits per heavy atom. The Morgan fingerprint density at radius 3 is 2.76 bits per heavy atom. The Labute approximate surface area is 187 Å². The van der Waals surface area contributed by atoms with Crippen LogP contribution in [0.3, 0.4) is 0 Å². The molecular weight excluding hydrogens is 503 g/mol. The fourth-order valence-electron chi connectivity index (χ4n) is 3.06. The molecule has 3 aromatic rings. The average molecular weight is 526 g/mol. The summed E-state index contributed by atoms with van der Waals surface area (Å²) in [4.78, 5) is 14.3. The van der Waals surface area contributed by atoms with Gasteiger partial charge in [0.05, 0.1) is 0 Å². The van der Waals surface area contributed by atoms with Crippen LogP contribution < -0.4 is 20.5 Å². The maximum Gasteiger partial charge on any atom is 0.175 e. The van der Waals surface area contributed by atoms with Crippen molar-refractivity contribution < 1.29 is 9.47 Å². The van der Waals surface area contributed by atoms with Crippen LogP contribution in [0.4, 0.5) is 5.82 Å². The Kier molecular flexibility index (Phi) is 6.30. The summed E-state index contributed by atoms with van der Waals surface area (Å²) >= 11 is 3.89. The van der Waals surface area contributed by atoms with Crippen molar-refractivity contribution in [2.45, 2.75) is 42.9 Å². The molecule has 8 nitrogen and oxygen atoms in total. The van der Waals surface area contributed by atoms with Crippen LogP contribution in [0.25, 0.3) is 11.2 Å². The van der Waals surface area contributed by atoms with Gasteiger partial charge < -0.3 is 25.1 Å². The standard InChI is InChI=1S/C19H23IN6O2S/c1-11(2)22-4-3-5-26-18-16(17(21)23-10-24-18)25-19(26)29-15-9-14-13(8-12(15)20)27-6-7-28-14/h8-11,22H,3-7H2,1-2H3,(H2,21,23,24). The maximum absolute atomic E-state index is 6.06. The van der Waals surface area contributed by atoms with E-state index in [1.165, 1.54) is 6.33 Å². The number of aromatic nitrogens is 4. The summed E-state index contributed by atoms with van der Waals surface area (Å²) in [6, 6.07) is 4.48. The smallest absolute Gasteiger partial charge is 0.175 e. The highest BCUT2D eigenvalue weighted by molar-refractivity contribution is 14.1. The van der Waals surface area contributed by atoms with E-state index in [0.29, 0.717) is 30.6 Å². The van der Waals surface area contributed by atoms with Gasteiger partial charge in [-0.1, -0.05) is 25.6 Å². The fourth-order valence-corrected chi connectivity index (χ4v) is 4.78. The molecule has 29 heavy (non-hydrogen) atoms. The van der Waals surface area contributed by atoms with E-state index in [2.05, 4.69) is 56.3 Å². The van der Waals surface area contributed by atoms with Gasteiger partial charge in [0.25, 0.3) is 0 Å². The lowest BCUT2D eigenvalue weighted by molar-refractivity contribution is 0.171. The van der Waals surface area contributed by atoms with Gasteiger partial charge in [0.15, 0.2) is 33.6 Å². The molecule has 0 radical (unpaired) electrons. The van der Waals surface area contributed by atoms with Crippen LogP contribution in [-0.2, 0) is 6.54 Å². The topological polar surface area (TPSA) is 100 Å². The molecule has 0 fully saturated rings. The van der Waals surface area contributed by atoms with E-state index in [9.17, 15) is 0 Å². The number of nitrogen functional groups attached to an aromatic ring is 1. The molecule has 0 unspecified atom stereocenters. The molecule has 1 aliphatic rings. The fraction of sp³-hybridized carbons (Fsp3) is 0.421. The van der Waals surface area contributed by atoms with Gasteiger partial charge in [-0.15, -0.1) is 0 Å². The van der Waals surface area contributed by atoms with Gasteiger partial charge >= 0.3 is 0 Å². The molecule has 154 valence electrons. The second kappa shape index (κ2) is 8.92. The van der Waals surface area contributed by atoms with E-state index in [-0.39, 0.29) is 0 Å². The van der Waals surface area contributed by atoms with Crippen LogP contribution in [0.1, 0.15) is 20.3 Å². The van der Waals surface area contributed by atoms with Gasteiger partial charge in [-0.3, -0.25) is 0 Å². The first-order valence-electron chi connectivity index (χ1n) is 9.50. The minimum Gasteiger partial charge on any atom is -0.486 e. The molecule has 1 aromatic carbocycles. The first-order valence-corrected chi connectivity index (χ1v) is 11.4. The van der Waals surface area contributed by atoms with Gasteiger partial charge in [0.2, 0.25) is 0 Å². The van der Waals surface area contributed by atoms with E-state index in [4.69, 9.17) is 20.2 Å². The second-order valence-corrected chi connectivity index (χ2v) is 9.14. The second-order valence-electron chi connectivity index (χ2n) is 6.97. The van der Waals surface area contributed by atoms with Crippen molar-refractivity contribution in [3.05, 3.63) is 22.0 Å². The van der Waals surface area contributed by atoms with Crippen LogP contribution in [0.5, 0.6) is 11.5 Å². The molecule has 10 heteroatoms. The molecule has 4 rings (SSSR count). The molecule has 0 aliphatic carbocycles. The normalized spacial score (nSPS) is 13.4. The summed E-state index contributed by atoms with van der Waals surface area (Å²) < 4.78 is 14.6. The number of ether oxygens (including phenoxy) is 2. The molecule has 0 amide bonds. The van der Waals surface area contributed by atoms with Gasteiger partial charge in [0.1, 0.15) is 19.5 Å². The van der Waals surface area contributed by atoms with Crippen LogP contribution in [0.2, 0.25) is 0 Å². The Bertz CT molecular complexity index is 1030. The van der Waals surface area contributed by atoms with Gasteiger partial charge in [-0.2, -0.15) is 0 Å². The Hall–Kier alpha value is -1.79. The number of anilines is 1. The molecule has 2 aromatic heterocycles. The highest BCUT2D eigenvalue weighted by Gasteiger charge is 2.20. The molecule has 0 saturated carbocycles. The minimum atomic E-state index is 0.396.